The lowest BCUT2D eigenvalue weighted by molar-refractivity contribution is -0.0418. The van der Waals surface area contributed by atoms with Gasteiger partial charge in [0.15, 0.2) is 0 Å². The number of hydrogen-bond donors (Lipinski definition) is 2. The molecule has 0 atom stereocenters. The van der Waals surface area contributed by atoms with Gasteiger partial charge >= 0.3 is 0 Å². The molecule has 0 aromatic heterocycles. The summed E-state index contributed by atoms with van der Waals surface area (Å²) in [6.07, 6.45) is 10.2. The van der Waals surface area contributed by atoms with Crippen LogP contribution < -0.4 is 10.6 Å². The summed E-state index contributed by atoms with van der Waals surface area (Å²) in [7, 11) is 0. The highest BCUT2D eigenvalue weighted by Crippen LogP contribution is 2.51. The summed E-state index contributed by atoms with van der Waals surface area (Å²) < 4.78 is 0. The molecule has 4 rings (SSSR count). The van der Waals surface area contributed by atoms with E-state index in [1.807, 2.05) is 0 Å². The molecule has 0 aromatic rings. The second-order valence-electron chi connectivity index (χ2n) is 7.77. The van der Waals surface area contributed by atoms with E-state index in [1.165, 1.54) is 84.2 Å². The van der Waals surface area contributed by atoms with Crippen LogP contribution in [0.3, 0.4) is 0 Å². The summed E-state index contributed by atoms with van der Waals surface area (Å²) in [5, 5.41) is 7.09. The van der Waals surface area contributed by atoms with E-state index in [0.717, 1.165) is 11.5 Å². The Morgan fingerprint density at radius 2 is 1.37 bits per heavy atom. The van der Waals surface area contributed by atoms with Crippen molar-refractivity contribution < 1.29 is 0 Å². The first-order valence-corrected chi connectivity index (χ1v) is 8.45. The molecule has 3 nitrogen and oxygen atoms in total. The molecular formula is C16H29N3. The lowest BCUT2D eigenvalue weighted by Gasteiger charge is -2.56. The number of hydrogen-bond acceptors (Lipinski definition) is 3. The van der Waals surface area contributed by atoms with Crippen LogP contribution in [-0.2, 0) is 0 Å². The van der Waals surface area contributed by atoms with E-state index >= 15 is 0 Å². The van der Waals surface area contributed by atoms with Gasteiger partial charge in [0, 0.05) is 12.6 Å². The standard InChI is InChI=1S/C16H29N3/c1-8-18-13-15(1)4-9-19(10-5-15)14-11-16(12-14)2-6-17-7-3-16/h14,17-18H,1-13H2. The molecule has 19 heavy (non-hydrogen) atoms. The third kappa shape index (κ3) is 2.24. The van der Waals surface area contributed by atoms with Crippen LogP contribution in [-0.4, -0.2) is 50.2 Å². The van der Waals surface area contributed by atoms with Crippen molar-refractivity contribution in [2.24, 2.45) is 10.8 Å². The molecule has 2 spiro atoms. The van der Waals surface area contributed by atoms with Crippen LogP contribution >= 0.6 is 0 Å². The predicted octanol–water partition coefficient (Wildman–Crippen LogP) is 1.59. The molecule has 3 saturated heterocycles. The van der Waals surface area contributed by atoms with Gasteiger partial charge in [-0.25, -0.2) is 0 Å². The largest absolute Gasteiger partial charge is 0.317 e. The van der Waals surface area contributed by atoms with Crippen molar-refractivity contribution in [2.75, 3.05) is 39.3 Å². The van der Waals surface area contributed by atoms with Gasteiger partial charge < -0.3 is 15.5 Å². The molecule has 4 fully saturated rings. The van der Waals surface area contributed by atoms with Gasteiger partial charge in [0.05, 0.1) is 0 Å². The van der Waals surface area contributed by atoms with Crippen molar-refractivity contribution in [3.63, 3.8) is 0 Å². The lowest BCUT2D eigenvalue weighted by atomic mass is 9.60. The SMILES string of the molecule is C1CC2(CCN1)CC(N1CCC3(CCNC3)CC1)C2. The van der Waals surface area contributed by atoms with E-state index in [1.54, 1.807) is 0 Å². The fourth-order valence-electron chi connectivity index (χ4n) is 5.15. The zero-order chi connectivity index (χ0) is 12.8. The summed E-state index contributed by atoms with van der Waals surface area (Å²) in [6, 6.07) is 0.935. The zero-order valence-corrected chi connectivity index (χ0v) is 12.2. The third-order valence-corrected chi connectivity index (χ3v) is 6.71. The van der Waals surface area contributed by atoms with Crippen LogP contribution in [0.25, 0.3) is 0 Å². The summed E-state index contributed by atoms with van der Waals surface area (Å²) >= 11 is 0. The van der Waals surface area contributed by atoms with Gasteiger partial charge in [-0.3, -0.25) is 0 Å². The molecule has 3 heterocycles. The van der Waals surface area contributed by atoms with Crippen LogP contribution in [0.15, 0.2) is 0 Å². The first kappa shape index (κ1) is 12.6. The predicted molar refractivity (Wildman–Crippen MR) is 78.3 cm³/mol. The number of rotatable bonds is 1. The monoisotopic (exact) mass is 263 g/mol. The minimum atomic E-state index is 0.687. The molecule has 3 aliphatic heterocycles. The maximum Gasteiger partial charge on any atom is 0.0106 e. The highest BCUT2D eigenvalue weighted by Gasteiger charge is 2.48. The highest BCUT2D eigenvalue weighted by atomic mass is 15.2. The first-order chi connectivity index (χ1) is 9.29. The average molecular weight is 263 g/mol. The minimum absolute atomic E-state index is 0.687. The van der Waals surface area contributed by atoms with E-state index in [9.17, 15) is 0 Å². The fraction of sp³-hybridized carbons (Fsp3) is 1.00. The summed E-state index contributed by atoms with van der Waals surface area (Å²) in [6.45, 7) is 7.84. The Balaban J connectivity index is 1.29. The van der Waals surface area contributed by atoms with Crippen molar-refractivity contribution in [1.82, 2.24) is 15.5 Å². The normalized spacial score (nSPS) is 34.7. The molecule has 2 N–H and O–H groups in total. The van der Waals surface area contributed by atoms with Gasteiger partial charge in [0.1, 0.15) is 0 Å². The number of likely N-dealkylation sites (tertiary alicyclic amines) is 1. The van der Waals surface area contributed by atoms with Gasteiger partial charge in [-0.2, -0.15) is 0 Å². The Kier molecular flexibility index (Phi) is 3.13. The van der Waals surface area contributed by atoms with E-state index in [0.29, 0.717) is 5.41 Å². The zero-order valence-electron chi connectivity index (χ0n) is 12.2. The molecule has 0 radical (unpaired) electrons. The van der Waals surface area contributed by atoms with Crippen LogP contribution in [0.4, 0.5) is 0 Å². The molecule has 1 aliphatic carbocycles. The molecule has 1 saturated carbocycles. The smallest absolute Gasteiger partial charge is 0.0106 e. The molecule has 0 unspecified atom stereocenters. The van der Waals surface area contributed by atoms with Crippen LogP contribution in [0.5, 0.6) is 0 Å². The molecule has 3 heteroatoms. The van der Waals surface area contributed by atoms with E-state index < -0.39 is 0 Å². The van der Waals surface area contributed by atoms with Gasteiger partial charge in [-0.15, -0.1) is 0 Å². The van der Waals surface area contributed by atoms with Crippen LogP contribution in [0.2, 0.25) is 0 Å². The quantitative estimate of drug-likeness (QED) is 0.752. The first-order valence-electron chi connectivity index (χ1n) is 8.45. The van der Waals surface area contributed by atoms with E-state index in [4.69, 9.17) is 0 Å². The molecular weight excluding hydrogens is 234 g/mol. The Morgan fingerprint density at radius 3 is 2.00 bits per heavy atom. The van der Waals surface area contributed by atoms with E-state index in [2.05, 4.69) is 15.5 Å². The second kappa shape index (κ2) is 4.71. The van der Waals surface area contributed by atoms with E-state index in [-0.39, 0.29) is 0 Å². The summed E-state index contributed by atoms with van der Waals surface area (Å²) in [5.41, 5.74) is 1.44. The Morgan fingerprint density at radius 1 is 0.737 bits per heavy atom. The fourth-order valence-corrected chi connectivity index (χ4v) is 5.15. The van der Waals surface area contributed by atoms with Crippen molar-refractivity contribution in [3.8, 4) is 0 Å². The number of nitrogens with one attached hydrogen (secondary N) is 2. The molecule has 108 valence electrons. The maximum atomic E-state index is 3.58. The Labute approximate surface area is 117 Å². The third-order valence-electron chi connectivity index (χ3n) is 6.71. The minimum Gasteiger partial charge on any atom is -0.317 e. The van der Waals surface area contributed by atoms with Crippen molar-refractivity contribution in [1.29, 1.82) is 0 Å². The van der Waals surface area contributed by atoms with Crippen molar-refractivity contribution >= 4 is 0 Å². The molecule has 0 bridgehead atoms. The Hall–Kier alpha value is -0.120. The van der Waals surface area contributed by atoms with Gasteiger partial charge in [-0.1, -0.05) is 0 Å². The topological polar surface area (TPSA) is 27.3 Å². The van der Waals surface area contributed by atoms with Crippen LogP contribution in [0.1, 0.15) is 44.9 Å². The van der Waals surface area contributed by atoms with Gasteiger partial charge in [0.2, 0.25) is 0 Å². The summed E-state index contributed by atoms with van der Waals surface area (Å²) in [4.78, 5) is 2.83. The van der Waals surface area contributed by atoms with Gasteiger partial charge in [0.25, 0.3) is 0 Å². The highest BCUT2D eigenvalue weighted by molar-refractivity contribution is 5.02. The molecule has 0 aromatic carbocycles. The second-order valence-corrected chi connectivity index (χ2v) is 7.77. The van der Waals surface area contributed by atoms with Crippen molar-refractivity contribution in [3.05, 3.63) is 0 Å². The number of nitrogens with zero attached hydrogens (tertiary/aromatic N) is 1. The summed E-state index contributed by atoms with van der Waals surface area (Å²) in [5.74, 6) is 0. The van der Waals surface area contributed by atoms with Gasteiger partial charge in [-0.05, 0) is 88.5 Å². The molecule has 4 aliphatic rings. The maximum absolute atomic E-state index is 3.58. The average Bonchev–Trinajstić information content (AvgIpc) is 2.87. The van der Waals surface area contributed by atoms with Crippen LogP contribution in [0, 0.1) is 10.8 Å². The number of piperidine rings is 2. The Bertz CT molecular complexity index is 311. The molecule has 0 amide bonds. The van der Waals surface area contributed by atoms with Crippen molar-refractivity contribution in [2.45, 2.75) is 51.0 Å². The lowest BCUT2D eigenvalue weighted by Crippen LogP contribution is -2.56.